The molecule has 2 aromatic carbocycles. The van der Waals surface area contributed by atoms with E-state index in [1.807, 2.05) is 30.3 Å². The Hall–Kier alpha value is -1.71. The summed E-state index contributed by atoms with van der Waals surface area (Å²) in [4.78, 5) is 0. The van der Waals surface area contributed by atoms with Gasteiger partial charge in [0.2, 0.25) is 0 Å². The van der Waals surface area contributed by atoms with Crippen LogP contribution in [-0.2, 0) is 13.0 Å². The largest absolute Gasteiger partial charge is 0.493 e. The second kappa shape index (κ2) is 7.17. The Labute approximate surface area is 124 Å². The van der Waals surface area contributed by atoms with E-state index in [9.17, 15) is 0 Å². The molecule has 0 aromatic heterocycles. The number of methoxy groups -OCH3 is 1. The zero-order chi connectivity index (χ0) is 14.4. The molecule has 3 nitrogen and oxygen atoms in total. The molecular formula is C16H18ClNO2. The Morgan fingerprint density at radius 1 is 1.10 bits per heavy atom. The molecule has 0 unspecified atom stereocenters. The molecule has 0 aliphatic rings. The van der Waals surface area contributed by atoms with Gasteiger partial charge in [-0.05, 0) is 23.3 Å². The summed E-state index contributed by atoms with van der Waals surface area (Å²) < 4.78 is 11.1. The van der Waals surface area contributed by atoms with Gasteiger partial charge < -0.3 is 15.2 Å². The van der Waals surface area contributed by atoms with Crippen molar-refractivity contribution in [3.63, 3.8) is 0 Å². The average molecular weight is 292 g/mol. The van der Waals surface area contributed by atoms with E-state index in [1.165, 1.54) is 5.56 Å². The lowest BCUT2D eigenvalue weighted by molar-refractivity contribution is 0.297. The fraction of sp³-hybridized carbons (Fsp3) is 0.250. The highest BCUT2D eigenvalue weighted by Crippen LogP contribution is 2.36. The topological polar surface area (TPSA) is 44.5 Å². The van der Waals surface area contributed by atoms with Gasteiger partial charge in [0.1, 0.15) is 0 Å². The summed E-state index contributed by atoms with van der Waals surface area (Å²) in [7, 11) is 1.59. The van der Waals surface area contributed by atoms with E-state index in [4.69, 9.17) is 26.8 Å². The number of nitrogens with two attached hydrogens (primary N) is 1. The predicted octanol–water partition coefficient (Wildman–Crippen LogP) is 3.43. The Bertz CT molecular complexity index is 558. The van der Waals surface area contributed by atoms with Crippen molar-refractivity contribution in [3.8, 4) is 11.5 Å². The number of rotatable bonds is 6. The van der Waals surface area contributed by atoms with Crippen LogP contribution in [0.25, 0.3) is 0 Å². The van der Waals surface area contributed by atoms with Crippen LogP contribution in [0.4, 0.5) is 0 Å². The third-order valence-corrected chi connectivity index (χ3v) is 3.29. The molecule has 2 N–H and O–H groups in total. The third kappa shape index (κ3) is 3.65. The lowest BCUT2D eigenvalue weighted by Crippen LogP contribution is -2.04. The van der Waals surface area contributed by atoms with Crippen LogP contribution < -0.4 is 15.2 Å². The van der Waals surface area contributed by atoms with Crippen LogP contribution in [0.5, 0.6) is 11.5 Å². The van der Waals surface area contributed by atoms with Crippen LogP contribution in [0.15, 0.2) is 42.5 Å². The lowest BCUT2D eigenvalue weighted by atomic mass is 10.1. The highest BCUT2D eigenvalue weighted by molar-refractivity contribution is 6.32. The molecule has 2 aromatic rings. The molecule has 0 radical (unpaired) electrons. The summed E-state index contributed by atoms with van der Waals surface area (Å²) in [6.07, 6.45) is 0.818. The molecular weight excluding hydrogens is 274 g/mol. The molecule has 0 aliphatic heterocycles. The first-order valence-electron chi connectivity index (χ1n) is 6.47. The summed E-state index contributed by atoms with van der Waals surface area (Å²) >= 11 is 6.21. The van der Waals surface area contributed by atoms with Gasteiger partial charge in [-0.3, -0.25) is 0 Å². The maximum absolute atomic E-state index is 6.21. The maximum Gasteiger partial charge on any atom is 0.179 e. The van der Waals surface area contributed by atoms with Gasteiger partial charge in [-0.2, -0.15) is 0 Å². The summed E-state index contributed by atoms with van der Waals surface area (Å²) in [5, 5.41) is 0.526. The number of benzene rings is 2. The van der Waals surface area contributed by atoms with E-state index in [1.54, 1.807) is 7.11 Å². The molecule has 0 fully saturated rings. The van der Waals surface area contributed by atoms with Gasteiger partial charge in [-0.25, -0.2) is 0 Å². The van der Waals surface area contributed by atoms with E-state index in [0.29, 0.717) is 29.7 Å². The molecule has 2 rings (SSSR count). The highest BCUT2D eigenvalue weighted by Gasteiger charge is 2.11. The summed E-state index contributed by atoms with van der Waals surface area (Å²) in [5.41, 5.74) is 7.76. The van der Waals surface area contributed by atoms with Crippen LogP contribution >= 0.6 is 11.6 Å². The Balaban J connectivity index is 2.05. The summed E-state index contributed by atoms with van der Waals surface area (Å²) in [5.74, 6) is 1.19. The first-order valence-corrected chi connectivity index (χ1v) is 6.85. The highest BCUT2D eigenvalue weighted by atomic mass is 35.5. The Morgan fingerprint density at radius 3 is 2.50 bits per heavy atom. The van der Waals surface area contributed by atoms with Crippen LogP contribution in [0, 0.1) is 0 Å². The summed E-state index contributed by atoms with van der Waals surface area (Å²) in [6, 6.07) is 13.8. The minimum Gasteiger partial charge on any atom is -0.493 e. The first kappa shape index (κ1) is 14.7. The minimum atomic E-state index is 0.417. The van der Waals surface area contributed by atoms with Crippen LogP contribution in [0.3, 0.4) is 0 Å². The molecule has 4 heteroatoms. The van der Waals surface area contributed by atoms with Gasteiger partial charge in [0.25, 0.3) is 0 Å². The molecule has 0 atom stereocenters. The second-order valence-electron chi connectivity index (χ2n) is 4.40. The maximum atomic E-state index is 6.21. The molecule has 0 heterocycles. The van der Waals surface area contributed by atoms with Gasteiger partial charge in [0.15, 0.2) is 11.5 Å². The van der Waals surface area contributed by atoms with Crippen molar-refractivity contribution in [2.75, 3.05) is 13.7 Å². The molecule has 0 saturated heterocycles. The van der Waals surface area contributed by atoms with Gasteiger partial charge in [0.05, 0.1) is 18.7 Å². The molecule has 106 valence electrons. The summed E-state index contributed by atoms with van der Waals surface area (Å²) in [6.45, 7) is 0.961. The van der Waals surface area contributed by atoms with Crippen molar-refractivity contribution in [1.82, 2.24) is 0 Å². The minimum absolute atomic E-state index is 0.417. The number of hydrogen-bond acceptors (Lipinski definition) is 3. The van der Waals surface area contributed by atoms with E-state index in [0.717, 1.165) is 12.0 Å². The Morgan fingerprint density at radius 2 is 1.85 bits per heavy atom. The fourth-order valence-electron chi connectivity index (χ4n) is 1.95. The van der Waals surface area contributed by atoms with E-state index in [-0.39, 0.29) is 0 Å². The number of halogens is 1. The third-order valence-electron chi connectivity index (χ3n) is 3.00. The molecule has 0 saturated carbocycles. The van der Waals surface area contributed by atoms with Crippen LogP contribution in [0.1, 0.15) is 11.1 Å². The predicted molar refractivity (Wildman–Crippen MR) is 81.5 cm³/mol. The van der Waals surface area contributed by atoms with Gasteiger partial charge in [0, 0.05) is 13.0 Å². The van der Waals surface area contributed by atoms with E-state index < -0.39 is 0 Å². The van der Waals surface area contributed by atoms with E-state index >= 15 is 0 Å². The zero-order valence-electron chi connectivity index (χ0n) is 11.4. The van der Waals surface area contributed by atoms with Crippen molar-refractivity contribution >= 4 is 11.6 Å². The first-order chi connectivity index (χ1) is 9.74. The molecule has 20 heavy (non-hydrogen) atoms. The van der Waals surface area contributed by atoms with Gasteiger partial charge in [-0.15, -0.1) is 0 Å². The van der Waals surface area contributed by atoms with Gasteiger partial charge in [-0.1, -0.05) is 41.9 Å². The smallest absolute Gasteiger partial charge is 0.179 e. The quantitative estimate of drug-likeness (QED) is 0.887. The second-order valence-corrected chi connectivity index (χ2v) is 4.80. The fourth-order valence-corrected chi connectivity index (χ4v) is 2.23. The number of ether oxygens (including phenoxy) is 2. The van der Waals surface area contributed by atoms with Crippen molar-refractivity contribution < 1.29 is 9.47 Å². The standard InChI is InChI=1S/C16H18ClNO2/c1-19-15-10-13(11-18)9-14(17)16(15)20-8-7-12-5-3-2-4-6-12/h2-6,9-10H,7-8,11,18H2,1H3. The Kier molecular flexibility index (Phi) is 5.27. The number of hydrogen-bond donors (Lipinski definition) is 1. The van der Waals surface area contributed by atoms with Crippen molar-refractivity contribution in [2.24, 2.45) is 5.73 Å². The van der Waals surface area contributed by atoms with Crippen molar-refractivity contribution in [3.05, 3.63) is 58.6 Å². The molecule has 0 amide bonds. The normalized spacial score (nSPS) is 10.3. The van der Waals surface area contributed by atoms with Crippen molar-refractivity contribution in [2.45, 2.75) is 13.0 Å². The van der Waals surface area contributed by atoms with Crippen LogP contribution in [0.2, 0.25) is 5.02 Å². The SMILES string of the molecule is COc1cc(CN)cc(Cl)c1OCCc1ccccc1. The van der Waals surface area contributed by atoms with E-state index in [2.05, 4.69) is 12.1 Å². The van der Waals surface area contributed by atoms with Gasteiger partial charge >= 0.3 is 0 Å². The molecule has 0 spiro atoms. The van der Waals surface area contributed by atoms with Crippen molar-refractivity contribution in [1.29, 1.82) is 0 Å². The lowest BCUT2D eigenvalue weighted by Gasteiger charge is -2.13. The monoisotopic (exact) mass is 291 g/mol. The zero-order valence-corrected chi connectivity index (χ0v) is 12.2. The molecule has 0 aliphatic carbocycles. The molecule has 0 bridgehead atoms. The van der Waals surface area contributed by atoms with Crippen LogP contribution in [-0.4, -0.2) is 13.7 Å². The average Bonchev–Trinajstić information content (AvgIpc) is 2.49.